The van der Waals surface area contributed by atoms with Gasteiger partial charge in [0.05, 0.1) is 54.4 Å². The van der Waals surface area contributed by atoms with E-state index in [0.717, 1.165) is 8.97 Å². The zero-order valence-corrected chi connectivity index (χ0v) is 14.9. The van der Waals surface area contributed by atoms with Crippen LogP contribution < -0.4 is 0 Å². The minimum Gasteiger partial charge on any atom is -0.331 e. The monoisotopic (exact) mass is 260 g/mol. The van der Waals surface area contributed by atoms with Gasteiger partial charge in [0.2, 0.25) is 0 Å². The van der Waals surface area contributed by atoms with E-state index < -0.39 is 0 Å². The first-order valence-corrected chi connectivity index (χ1v) is 7.43. The van der Waals surface area contributed by atoms with Crippen LogP contribution in [0.1, 0.15) is 53.4 Å². The van der Waals surface area contributed by atoms with E-state index in [1.165, 1.54) is 32.2 Å². The summed E-state index contributed by atoms with van der Waals surface area (Å²) < 4.78 is 2.14. The molecule has 0 aromatic carbocycles. The molecule has 0 fully saturated rings. The Bertz CT molecular complexity index is 177. The van der Waals surface area contributed by atoms with Crippen molar-refractivity contribution in [2.24, 2.45) is 0 Å². The summed E-state index contributed by atoms with van der Waals surface area (Å²) in [6, 6.07) is 0. The molecular weight excluding hydrogens is 220 g/mol. The molecule has 0 rings (SSSR count). The van der Waals surface area contributed by atoms with Gasteiger partial charge in [-0.05, 0) is 33.6 Å². The summed E-state index contributed by atoms with van der Waals surface area (Å²) in [7, 11) is 13.4. The zero-order valence-electron chi connectivity index (χ0n) is 14.9. The van der Waals surface area contributed by atoms with Gasteiger partial charge >= 0.3 is 0 Å². The van der Waals surface area contributed by atoms with Gasteiger partial charge in [-0.3, -0.25) is 0 Å². The molecule has 0 aliphatic rings. The van der Waals surface area contributed by atoms with Crippen molar-refractivity contribution in [3.63, 3.8) is 0 Å². The van der Waals surface area contributed by atoms with Crippen LogP contribution in [-0.4, -0.2) is 63.3 Å². The maximum Gasteiger partial charge on any atom is 0.0901 e. The molecule has 0 saturated heterocycles. The zero-order chi connectivity index (χ0) is 15.0. The van der Waals surface area contributed by atoms with Crippen LogP contribution in [0.2, 0.25) is 0 Å². The fraction of sp³-hybridized carbons (Fsp3) is 1.00. The van der Waals surface area contributed by atoms with Gasteiger partial charge in [0.15, 0.2) is 0 Å². The average molecular weight is 261 g/mol. The van der Waals surface area contributed by atoms with Crippen molar-refractivity contribution in [2.45, 2.75) is 58.9 Å². The lowest BCUT2D eigenvalue weighted by molar-refractivity contribution is -0.917. The smallest absolute Gasteiger partial charge is 0.0901 e. The van der Waals surface area contributed by atoms with E-state index >= 15 is 0 Å². The summed E-state index contributed by atoms with van der Waals surface area (Å²) in [6.45, 7) is 10.3. The molecule has 0 heterocycles. The largest absolute Gasteiger partial charge is 0.331 e. The number of hydrogen-bond donors (Lipinski definition) is 0. The maximum atomic E-state index is 2.26. The lowest BCUT2D eigenvalue weighted by Gasteiger charge is -2.38. The first kappa shape index (κ1) is 20.2. The molecule has 0 saturated carbocycles. The summed E-state index contributed by atoms with van der Waals surface area (Å²) in [5.41, 5.74) is 0.375. The lowest BCUT2D eigenvalue weighted by Crippen LogP contribution is -2.50. The molecule has 0 aromatic rings. The minimum atomic E-state index is 0.375. The number of unbranched alkanes of at least 4 members (excludes halogenated alkanes) is 3. The SMILES string of the molecule is CC(C)(C)[N+](C)(C)C.CCCCCC[N+](C)(C)C. The van der Waals surface area contributed by atoms with Crippen LogP contribution in [0.3, 0.4) is 0 Å². The van der Waals surface area contributed by atoms with Gasteiger partial charge in [0, 0.05) is 0 Å². The van der Waals surface area contributed by atoms with Crippen LogP contribution in [-0.2, 0) is 0 Å². The Kier molecular flexibility index (Phi) is 9.18. The predicted octanol–water partition coefficient (Wildman–Crippen LogP) is 3.76. The molecule has 0 aliphatic heterocycles. The van der Waals surface area contributed by atoms with Gasteiger partial charge in [-0.1, -0.05) is 19.8 Å². The summed E-state index contributed by atoms with van der Waals surface area (Å²) in [5, 5.41) is 0. The second kappa shape index (κ2) is 8.16. The molecule has 0 N–H and O–H groups in total. The molecule has 112 valence electrons. The van der Waals surface area contributed by atoms with Crippen LogP contribution >= 0.6 is 0 Å². The van der Waals surface area contributed by atoms with E-state index in [1.807, 2.05) is 0 Å². The van der Waals surface area contributed by atoms with Gasteiger partial charge in [-0.25, -0.2) is 0 Å². The Morgan fingerprint density at radius 2 is 1.11 bits per heavy atom. The Hall–Kier alpha value is -0.0800. The van der Waals surface area contributed by atoms with Crippen LogP contribution in [0.15, 0.2) is 0 Å². The second-order valence-corrected chi connectivity index (χ2v) is 8.26. The number of hydrogen-bond acceptors (Lipinski definition) is 0. The molecule has 0 aromatic heterocycles. The van der Waals surface area contributed by atoms with Crippen LogP contribution in [0, 0.1) is 0 Å². The summed E-state index contributed by atoms with van der Waals surface area (Å²) in [4.78, 5) is 0. The molecular formula is C16H40N2+2. The fourth-order valence-electron chi connectivity index (χ4n) is 1.01. The molecule has 18 heavy (non-hydrogen) atoms. The predicted molar refractivity (Wildman–Crippen MR) is 84.8 cm³/mol. The number of nitrogens with zero attached hydrogens (tertiary/aromatic N) is 2. The number of rotatable bonds is 5. The highest BCUT2D eigenvalue weighted by atomic mass is 15.3. The highest BCUT2D eigenvalue weighted by molar-refractivity contribution is 4.57. The lowest BCUT2D eigenvalue weighted by atomic mass is 10.1. The molecule has 0 unspecified atom stereocenters. The average Bonchev–Trinajstić information content (AvgIpc) is 2.08. The van der Waals surface area contributed by atoms with Gasteiger partial charge in [-0.15, -0.1) is 0 Å². The molecule has 0 amide bonds. The van der Waals surface area contributed by atoms with E-state index in [-0.39, 0.29) is 0 Å². The Morgan fingerprint density at radius 1 is 0.722 bits per heavy atom. The van der Waals surface area contributed by atoms with Crippen LogP contribution in [0.4, 0.5) is 0 Å². The Labute approximate surface area is 117 Å². The molecule has 0 aliphatic carbocycles. The maximum absolute atomic E-state index is 2.26. The van der Waals surface area contributed by atoms with Gasteiger partial charge in [0.25, 0.3) is 0 Å². The normalized spacial score (nSPS) is 13.0. The van der Waals surface area contributed by atoms with E-state index in [9.17, 15) is 0 Å². The van der Waals surface area contributed by atoms with Gasteiger partial charge in [0.1, 0.15) is 0 Å². The van der Waals surface area contributed by atoms with Crippen LogP contribution in [0.25, 0.3) is 0 Å². The number of quaternary nitrogens is 2. The molecule has 0 atom stereocenters. The van der Waals surface area contributed by atoms with E-state index in [2.05, 4.69) is 70.0 Å². The summed E-state index contributed by atoms with van der Waals surface area (Å²) in [5.74, 6) is 0. The van der Waals surface area contributed by atoms with E-state index in [0.29, 0.717) is 5.54 Å². The Morgan fingerprint density at radius 3 is 1.33 bits per heavy atom. The first-order chi connectivity index (χ1) is 7.81. The Balaban J connectivity index is 0. The van der Waals surface area contributed by atoms with E-state index in [1.54, 1.807) is 0 Å². The summed E-state index contributed by atoms with van der Waals surface area (Å²) in [6.07, 6.45) is 5.54. The third-order valence-electron chi connectivity index (χ3n) is 3.69. The molecule has 0 radical (unpaired) electrons. The van der Waals surface area contributed by atoms with Crippen molar-refractivity contribution in [3.05, 3.63) is 0 Å². The molecule has 0 bridgehead atoms. The molecule has 2 nitrogen and oxygen atoms in total. The van der Waals surface area contributed by atoms with Crippen molar-refractivity contribution in [1.82, 2.24) is 0 Å². The standard InChI is InChI=1S/C9H22N.C7H18N/c1-5-6-7-8-9-10(2,3)4;1-7(2,3)8(4,5)6/h5-9H2,1-4H3;1-6H3/q2*+1. The van der Waals surface area contributed by atoms with Crippen molar-refractivity contribution >= 4 is 0 Å². The van der Waals surface area contributed by atoms with Crippen molar-refractivity contribution in [2.75, 3.05) is 48.8 Å². The third-order valence-corrected chi connectivity index (χ3v) is 3.69. The molecule has 0 spiro atoms. The fourth-order valence-corrected chi connectivity index (χ4v) is 1.01. The molecule has 2 heteroatoms. The minimum absolute atomic E-state index is 0.375. The van der Waals surface area contributed by atoms with Crippen LogP contribution in [0.5, 0.6) is 0 Å². The van der Waals surface area contributed by atoms with Crippen molar-refractivity contribution in [3.8, 4) is 0 Å². The second-order valence-electron chi connectivity index (χ2n) is 8.26. The van der Waals surface area contributed by atoms with E-state index in [4.69, 9.17) is 0 Å². The van der Waals surface area contributed by atoms with Crippen molar-refractivity contribution < 1.29 is 8.97 Å². The third kappa shape index (κ3) is 14.0. The topological polar surface area (TPSA) is 0 Å². The van der Waals surface area contributed by atoms with Crippen molar-refractivity contribution in [1.29, 1.82) is 0 Å². The summed E-state index contributed by atoms with van der Waals surface area (Å²) >= 11 is 0. The highest BCUT2D eigenvalue weighted by Gasteiger charge is 2.25. The highest BCUT2D eigenvalue weighted by Crippen LogP contribution is 2.14. The van der Waals surface area contributed by atoms with Gasteiger partial charge < -0.3 is 8.97 Å². The van der Waals surface area contributed by atoms with Gasteiger partial charge in [-0.2, -0.15) is 0 Å². The first-order valence-electron chi connectivity index (χ1n) is 7.43. The quantitative estimate of drug-likeness (QED) is 0.521.